The number of aryl methyl sites for hydroxylation is 1. The Morgan fingerprint density at radius 3 is 2.49 bits per heavy atom. The molecule has 43 heavy (non-hydrogen) atoms. The van der Waals surface area contributed by atoms with Crippen LogP contribution in [0.25, 0.3) is 0 Å². The number of carbonyl (C=O) groups is 2. The smallest absolute Gasteiger partial charge is 0.330 e. The number of ether oxygens (including phenoxy) is 1. The Balaban J connectivity index is 1.21. The number of sulfone groups is 1. The maximum absolute atomic E-state index is 12.9. The van der Waals surface area contributed by atoms with Crippen LogP contribution in [-0.2, 0) is 35.4 Å². The molecule has 11 heteroatoms. The molecular weight excluding hydrogens is 572 g/mol. The third-order valence-electron chi connectivity index (χ3n) is 7.65. The summed E-state index contributed by atoms with van der Waals surface area (Å²) in [6.45, 7) is 3.59. The molecule has 0 aliphatic heterocycles. The van der Waals surface area contributed by atoms with E-state index in [1.165, 1.54) is 12.1 Å². The molecule has 238 valence electrons. The molecule has 1 aliphatic rings. The molecule has 10 nitrogen and oxygen atoms in total. The number of hydrogen-bond acceptors (Lipinski definition) is 9. The van der Waals surface area contributed by atoms with Gasteiger partial charge in [0.05, 0.1) is 16.2 Å². The lowest BCUT2D eigenvalue weighted by Crippen LogP contribution is -2.25. The summed E-state index contributed by atoms with van der Waals surface area (Å²) in [5.41, 5.74) is 1.51. The third kappa shape index (κ3) is 11.2. The van der Waals surface area contributed by atoms with Gasteiger partial charge in [0.15, 0.2) is 9.84 Å². The molecule has 1 saturated carbocycles. The van der Waals surface area contributed by atoms with E-state index in [2.05, 4.69) is 5.32 Å². The van der Waals surface area contributed by atoms with E-state index in [1.54, 1.807) is 12.1 Å². The van der Waals surface area contributed by atoms with E-state index in [0.29, 0.717) is 28.7 Å². The molecule has 2 aromatic rings. The van der Waals surface area contributed by atoms with Crippen molar-refractivity contribution in [3.8, 4) is 5.75 Å². The van der Waals surface area contributed by atoms with E-state index in [0.717, 1.165) is 96.3 Å². The maximum atomic E-state index is 12.9. The topological polar surface area (TPSA) is 142 Å². The van der Waals surface area contributed by atoms with Gasteiger partial charge in [0.1, 0.15) is 11.4 Å². The van der Waals surface area contributed by atoms with E-state index in [-0.39, 0.29) is 23.1 Å². The second-order valence-corrected chi connectivity index (χ2v) is 13.3. The number of rotatable bonds is 20. The summed E-state index contributed by atoms with van der Waals surface area (Å²) in [6, 6.07) is 11.7. The normalized spacial score (nSPS) is 14.5. The first-order valence-electron chi connectivity index (χ1n) is 15.3. The average molecular weight is 619 g/mol. The predicted octanol–water partition coefficient (Wildman–Crippen LogP) is 4.77. The van der Waals surface area contributed by atoms with Crippen molar-refractivity contribution >= 4 is 27.9 Å². The van der Waals surface area contributed by atoms with E-state index in [9.17, 15) is 28.2 Å². The van der Waals surface area contributed by atoms with Crippen LogP contribution in [0.3, 0.4) is 0 Å². The van der Waals surface area contributed by atoms with Gasteiger partial charge in [0, 0.05) is 26.7 Å². The van der Waals surface area contributed by atoms with Crippen LogP contribution in [0, 0.1) is 0 Å². The van der Waals surface area contributed by atoms with Gasteiger partial charge < -0.3 is 25.1 Å². The number of hydrogen-bond donors (Lipinski definition) is 3. The van der Waals surface area contributed by atoms with Gasteiger partial charge in [0.2, 0.25) is 6.41 Å². The lowest BCUT2D eigenvalue weighted by molar-refractivity contribution is -0.145. The van der Waals surface area contributed by atoms with Crippen molar-refractivity contribution < 1.29 is 37.8 Å². The summed E-state index contributed by atoms with van der Waals surface area (Å²) in [7, 11) is -3.21. The summed E-state index contributed by atoms with van der Waals surface area (Å²) in [5, 5.41) is 24.1. The Morgan fingerprint density at radius 1 is 1.05 bits per heavy atom. The summed E-state index contributed by atoms with van der Waals surface area (Å²) in [5.74, 6) is -0.967. The number of carbonyl (C=O) groups excluding carboxylic acids is 2. The number of nitrogens with one attached hydrogen (secondary N) is 1. The first-order valence-corrected chi connectivity index (χ1v) is 16.8. The zero-order valence-electron chi connectivity index (χ0n) is 25.1. The van der Waals surface area contributed by atoms with Crippen molar-refractivity contribution in [3.63, 3.8) is 0 Å². The molecule has 0 radical (unpaired) electrons. The van der Waals surface area contributed by atoms with Gasteiger partial charge in [-0.25, -0.2) is 13.2 Å². The fourth-order valence-corrected chi connectivity index (χ4v) is 7.18. The number of benzene rings is 2. The second-order valence-electron chi connectivity index (χ2n) is 11.1. The highest BCUT2D eigenvalue weighted by atomic mass is 32.2. The lowest BCUT2D eigenvalue weighted by Gasteiger charge is -2.19. The quantitative estimate of drug-likeness (QED) is 0.109. The number of hydroxylamine groups is 1. The first-order chi connectivity index (χ1) is 20.7. The number of aliphatic hydroxyl groups excluding tert-OH is 1. The van der Waals surface area contributed by atoms with Gasteiger partial charge in [-0.2, -0.15) is 0 Å². The number of aromatic hydroxyl groups is 1. The van der Waals surface area contributed by atoms with Crippen LogP contribution in [0.5, 0.6) is 5.75 Å². The molecule has 1 amide bonds. The number of phenols is 1. The van der Waals surface area contributed by atoms with Gasteiger partial charge >= 0.3 is 5.97 Å². The number of anilines is 1. The van der Waals surface area contributed by atoms with Crippen LogP contribution < -0.4 is 10.4 Å². The van der Waals surface area contributed by atoms with Gasteiger partial charge in [0.25, 0.3) is 0 Å². The van der Waals surface area contributed by atoms with Gasteiger partial charge in [-0.3, -0.25) is 4.79 Å². The zero-order valence-corrected chi connectivity index (χ0v) is 25.9. The molecule has 0 unspecified atom stereocenters. The van der Waals surface area contributed by atoms with E-state index < -0.39 is 21.9 Å². The Labute approximate surface area is 255 Å². The summed E-state index contributed by atoms with van der Waals surface area (Å²) in [4.78, 5) is 27.6. The minimum absolute atomic E-state index is 0.0267. The maximum Gasteiger partial charge on any atom is 0.330 e. The van der Waals surface area contributed by atoms with Crippen LogP contribution in [0.15, 0.2) is 47.4 Å². The Hall–Kier alpha value is -2.99. The van der Waals surface area contributed by atoms with Crippen molar-refractivity contribution in [1.82, 2.24) is 5.32 Å². The number of amides is 1. The summed E-state index contributed by atoms with van der Waals surface area (Å²) in [6.07, 6.45) is 9.72. The summed E-state index contributed by atoms with van der Waals surface area (Å²) < 4.78 is 31.5. The molecule has 2 aromatic carbocycles. The minimum Gasteiger partial charge on any atom is -0.506 e. The van der Waals surface area contributed by atoms with Gasteiger partial charge in [-0.15, -0.1) is 5.06 Å². The Morgan fingerprint density at radius 2 is 1.77 bits per heavy atom. The minimum atomic E-state index is -3.21. The van der Waals surface area contributed by atoms with Crippen LogP contribution in [0.1, 0.15) is 88.4 Å². The standard InChI is InChI=1S/C32H46N2O8S/c1-25(36)42-34(24-35)30-22-27(16-17-31(30)37)32(38)23-33-18-7-2-3-8-19-41-20-9-6-11-26-12-10-15-29(21-26)43(39,40)28-13-4-5-14-28/h10,12,15-17,21-22,24,28,32-33,37-38H,2-9,11,13-14,18-20,23H2,1H3/t32-/m0/s1. The highest BCUT2D eigenvalue weighted by Crippen LogP contribution is 2.31. The molecule has 3 rings (SSSR count). The van der Waals surface area contributed by atoms with E-state index in [1.807, 2.05) is 18.2 Å². The van der Waals surface area contributed by atoms with E-state index in [4.69, 9.17) is 9.57 Å². The molecule has 0 aromatic heterocycles. The molecular formula is C32H46N2O8S. The van der Waals surface area contributed by atoms with Crippen LogP contribution in [-0.4, -0.2) is 62.6 Å². The van der Waals surface area contributed by atoms with Gasteiger partial charge in [-0.05, 0) is 86.9 Å². The fourth-order valence-electron chi connectivity index (χ4n) is 5.26. The van der Waals surface area contributed by atoms with Crippen molar-refractivity contribution in [2.45, 2.75) is 93.8 Å². The molecule has 1 atom stereocenters. The van der Waals surface area contributed by atoms with Crippen molar-refractivity contribution in [3.05, 3.63) is 53.6 Å². The highest BCUT2D eigenvalue weighted by molar-refractivity contribution is 7.92. The number of aliphatic hydroxyl groups is 1. The SMILES string of the molecule is CC(=O)ON(C=O)c1cc([C@@H](O)CNCCCCCCOCCCCc2cccc(S(=O)(=O)C3CCCC3)c2)ccc1O. The predicted molar refractivity (Wildman–Crippen MR) is 164 cm³/mol. The zero-order chi connectivity index (χ0) is 31.1. The molecule has 1 fully saturated rings. The Bertz CT molecular complexity index is 1260. The number of phenolic OH excluding ortho intramolecular Hbond substituents is 1. The van der Waals surface area contributed by atoms with Crippen LogP contribution in [0.4, 0.5) is 5.69 Å². The Kier molecular flexibility index (Phi) is 14.4. The largest absolute Gasteiger partial charge is 0.506 e. The van der Waals surface area contributed by atoms with Crippen LogP contribution >= 0.6 is 0 Å². The molecule has 0 spiro atoms. The monoisotopic (exact) mass is 618 g/mol. The van der Waals surface area contributed by atoms with Gasteiger partial charge in [-0.1, -0.05) is 43.9 Å². The van der Waals surface area contributed by atoms with Crippen molar-refractivity contribution in [2.24, 2.45) is 0 Å². The first kappa shape index (κ1) is 34.5. The molecule has 1 aliphatic carbocycles. The molecule has 0 heterocycles. The molecule has 0 bridgehead atoms. The lowest BCUT2D eigenvalue weighted by atomic mass is 10.1. The van der Waals surface area contributed by atoms with Crippen LogP contribution in [0.2, 0.25) is 0 Å². The third-order valence-corrected chi connectivity index (χ3v) is 9.91. The fraction of sp³-hybridized carbons (Fsp3) is 0.562. The average Bonchev–Trinajstić information content (AvgIpc) is 3.55. The van der Waals surface area contributed by atoms with E-state index >= 15 is 0 Å². The summed E-state index contributed by atoms with van der Waals surface area (Å²) >= 11 is 0. The van der Waals surface area contributed by atoms with Crippen molar-refractivity contribution in [1.29, 1.82) is 0 Å². The van der Waals surface area contributed by atoms with Crippen molar-refractivity contribution in [2.75, 3.05) is 31.4 Å². The molecule has 0 saturated heterocycles. The molecule has 3 N–H and O–H groups in total. The highest BCUT2D eigenvalue weighted by Gasteiger charge is 2.30. The second kappa shape index (κ2) is 18.0. The number of unbranched alkanes of at least 4 members (excludes halogenated alkanes) is 4. The number of nitrogens with zero attached hydrogens (tertiary/aromatic N) is 1.